The Morgan fingerprint density at radius 3 is 2.58 bits per heavy atom. The van der Waals surface area contributed by atoms with Crippen molar-refractivity contribution in [1.29, 1.82) is 0 Å². The minimum Gasteiger partial charge on any atom is -0.370 e. The maximum absolute atomic E-state index is 5.37. The Balaban J connectivity index is 2.09. The van der Waals surface area contributed by atoms with Gasteiger partial charge in [-0.2, -0.15) is 0 Å². The van der Waals surface area contributed by atoms with Gasteiger partial charge in [-0.1, -0.05) is 30.3 Å². The van der Waals surface area contributed by atoms with Crippen LogP contribution in [-0.4, -0.2) is 15.9 Å². The van der Waals surface area contributed by atoms with Gasteiger partial charge in [0.1, 0.15) is 5.82 Å². The number of imidazole rings is 1. The predicted molar refractivity (Wildman–Crippen MR) is 77.0 cm³/mol. The first-order valence-electron chi connectivity index (χ1n) is 5.87. The monoisotopic (exact) mass is 251 g/mol. The maximum atomic E-state index is 5.37. The molecule has 0 bridgehead atoms. The van der Waals surface area contributed by atoms with E-state index < -0.39 is 0 Å². The van der Waals surface area contributed by atoms with E-state index in [4.69, 9.17) is 11.5 Å². The smallest absolute Gasteiger partial charge is 0.191 e. The number of nitrogens with one attached hydrogen (secondary N) is 1. The third kappa shape index (κ3) is 2.26. The van der Waals surface area contributed by atoms with E-state index in [-0.39, 0.29) is 5.96 Å². The highest BCUT2D eigenvalue weighted by Crippen LogP contribution is 2.23. The molecule has 3 aromatic rings. The van der Waals surface area contributed by atoms with E-state index in [2.05, 4.69) is 15.0 Å². The Morgan fingerprint density at radius 2 is 1.84 bits per heavy atom. The van der Waals surface area contributed by atoms with Crippen molar-refractivity contribution in [3.63, 3.8) is 0 Å². The normalized spacial score (nSPS) is 10.5. The molecule has 0 spiro atoms. The molecule has 1 heterocycles. The zero-order valence-corrected chi connectivity index (χ0v) is 10.2. The van der Waals surface area contributed by atoms with E-state index in [0.717, 1.165) is 22.4 Å². The van der Waals surface area contributed by atoms with Crippen molar-refractivity contribution in [3.05, 3.63) is 48.5 Å². The summed E-state index contributed by atoms with van der Waals surface area (Å²) in [5.74, 6) is 0.875. The number of aliphatic imine (C=N–C) groups is 1. The average Bonchev–Trinajstić information content (AvgIpc) is 2.82. The van der Waals surface area contributed by atoms with E-state index >= 15 is 0 Å². The molecule has 0 radical (unpaired) electrons. The summed E-state index contributed by atoms with van der Waals surface area (Å²) < 4.78 is 0. The van der Waals surface area contributed by atoms with Crippen molar-refractivity contribution < 1.29 is 0 Å². The van der Waals surface area contributed by atoms with E-state index in [1.165, 1.54) is 0 Å². The molecule has 19 heavy (non-hydrogen) atoms. The highest BCUT2D eigenvalue weighted by molar-refractivity contribution is 5.85. The van der Waals surface area contributed by atoms with E-state index in [1.54, 1.807) is 0 Å². The Labute approximate surface area is 110 Å². The van der Waals surface area contributed by atoms with Gasteiger partial charge in [0.2, 0.25) is 0 Å². The van der Waals surface area contributed by atoms with Gasteiger partial charge in [0.05, 0.1) is 16.7 Å². The zero-order valence-electron chi connectivity index (χ0n) is 10.2. The number of benzene rings is 2. The molecule has 5 N–H and O–H groups in total. The van der Waals surface area contributed by atoms with Gasteiger partial charge in [0, 0.05) is 5.56 Å². The van der Waals surface area contributed by atoms with Crippen LogP contribution in [0.4, 0.5) is 5.69 Å². The van der Waals surface area contributed by atoms with Crippen molar-refractivity contribution in [1.82, 2.24) is 9.97 Å². The van der Waals surface area contributed by atoms with Gasteiger partial charge in [0.15, 0.2) is 5.96 Å². The van der Waals surface area contributed by atoms with Crippen LogP contribution < -0.4 is 11.5 Å². The van der Waals surface area contributed by atoms with Crippen molar-refractivity contribution in [2.45, 2.75) is 0 Å². The third-order valence-corrected chi connectivity index (χ3v) is 2.77. The molecular weight excluding hydrogens is 238 g/mol. The number of guanidine groups is 1. The number of nitrogens with zero attached hydrogens (tertiary/aromatic N) is 2. The molecule has 0 atom stereocenters. The van der Waals surface area contributed by atoms with Crippen molar-refractivity contribution in [2.75, 3.05) is 0 Å². The first-order valence-corrected chi connectivity index (χ1v) is 5.87. The fourth-order valence-electron chi connectivity index (χ4n) is 1.95. The maximum Gasteiger partial charge on any atom is 0.191 e. The molecule has 5 nitrogen and oxygen atoms in total. The molecule has 3 rings (SSSR count). The SMILES string of the molecule is NC(N)=Nc1ccc2nc(-c3ccccc3)[nH]c2c1. The molecule has 0 aliphatic rings. The standard InChI is InChI=1S/C14H13N5/c15-14(16)17-10-6-7-11-12(8-10)19-13(18-11)9-4-2-1-3-5-9/h1-8H,(H,18,19)(H4,15,16,17). The molecule has 0 fully saturated rings. The third-order valence-electron chi connectivity index (χ3n) is 2.77. The highest BCUT2D eigenvalue weighted by atomic mass is 15.0. The van der Waals surface area contributed by atoms with Crippen LogP contribution in [0.25, 0.3) is 22.4 Å². The number of aromatic amines is 1. The molecule has 0 saturated carbocycles. The van der Waals surface area contributed by atoms with E-state index in [9.17, 15) is 0 Å². The summed E-state index contributed by atoms with van der Waals surface area (Å²) in [6.07, 6.45) is 0. The lowest BCUT2D eigenvalue weighted by Gasteiger charge is -1.94. The fraction of sp³-hybridized carbons (Fsp3) is 0. The summed E-state index contributed by atoms with van der Waals surface area (Å²) in [6, 6.07) is 15.5. The minimum absolute atomic E-state index is 0.0437. The molecule has 2 aromatic carbocycles. The predicted octanol–water partition coefficient (Wildman–Crippen LogP) is 2.13. The fourth-order valence-corrected chi connectivity index (χ4v) is 1.95. The zero-order chi connectivity index (χ0) is 13.2. The number of hydrogen-bond donors (Lipinski definition) is 3. The van der Waals surface area contributed by atoms with Crippen LogP contribution in [0.2, 0.25) is 0 Å². The van der Waals surface area contributed by atoms with Gasteiger partial charge < -0.3 is 16.5 Å². The Kier molecular flexibility index (Phi) is 2.64. The Hall–Kier alpha value is -2.82. The van der Waals surface area contributed by atoms with Crippen LogP contribution in [-0.2, 0) is 0 Å². The summed E-state index contributed by atoms with van der Waals surface area (Å²) in [5, 5.41) is 0. The number of nitrogens with two attached hydrogens (primary N) is 2. The summed E-state index contributed by atoms with van der Waals surface area (Å²) in [6.45, 7) is 0. The molecule has 5 heteroatoms. The summed E-state index contributed by atoms with van der Waals surface area (Å²) in [4.78, 5) is 11.8. The molecular formula is C14H13N5. The lowest BCUT2D eigenvalue weighted by molar-refractivity contribution is 1.34. The minimum atomic E-state index is 0.0437. The van der Waals surface area contributed by atoms with Crippen LogP contribution in [0.1, 0.15) is 0 Å². The van der Waals surface area contributed by atoms with Gasteiger partial charge in [-0.15, -0.1) is 0 Å². The van der Waals surface area contributed by atoms with Crippen molar-refractivity contribution in [3.8, 4) is 11.4 Å². The highest BCUT2D eigenvalue weighted by Gasteiger charge is 2.05. The van der Waals surface area contributed by atoms with Crippen LogP contribution in [0.3, 0.4) is 0 Å². The summed E-state index contributed by atoms with van der Waals surface area (Å²) in [5.41, 5.74) is 14.3. The second-order valence-corrected chi connectivity index (χ2v) is 4.19. The van der Waals surface area contributed by atoms with Gasteiger partial charge in [-0.3, -0.25) is 0 Å². The number of aromatic nitrogens is 2. The number of hydrogen-bond acceptors (Lipinski definition) is 2. The topological polar surface area (TPSA) is 93.1 Å². The Morgan fingerprint density at radius 1 is 1.05 bits per heavy atom. The van der Waals surface area contributed by atoms with Gasteiger partial charge >= 0.3 is 0 Å². The van der Waals surface area contributed by atoms with Crippen molar-refractivity contribution >= 4 is 22.7 Å². The Bertz CT molecular complexity index is 739. The lowest BCUT2D eigenvalue weighted by Crippen LogP contribution is -2.21. The van der Waals surface area contributed by atoms with Crippen molar-refractivity contribution in [2.24, 2.45) is 16.5 Å². The first-order chi connectivity index (χ1) is 9.22. The second kappa shape index (κ2) is 4.45. The van der Waals surface area contributed by atoms with E-state index in [1.807, 2.05) is 48.5 Å². The van der Waals surface area contributed by atoms with Crippen LogP contribution in [0.15, 0.2) is 53.5 Å². The lowest BCUT2D eigenvalue weighted by atomic mass is 10.2. The number of H-pyrrole nitrogens is 1. The molecule has 0 unspecified atom stereocenters. The molecule has 0 saturated heterocycles. The number of rotatable bonds is 2. The van der Waals surface area contributed by atoms with Gasteiger partial charge in [0.25, 0.3) is 0 Å². The molecule has 0 aliphatic carbocycles. The molecule has 1 aromatic heterocycles. The first kappa shape index (κ1) is 11.3. The summed E-state index contributed by atoms with van der Waals surface area (Å²) in [7, 11) is 0. The quantitative estimate of drug-likeness (QED) is 0.481. The molecule has 0 aliphatic heterocycles. The molecule has 94 valence electrons. The van der Waals surface area contributed by atoms with Crippen LogP contribution in [0, 0.1) is 0 Å². The summed E-state index contributed by atoms with van der Waals surface area (Å²) >= 11 is 0. The van der Waals surface area contributed by atoms with Gasteiger partial charge in [-0.05, 0) is 18.2 Å². The van der Waals surface area contributed by atoms with Gasteiger partial charge in [-0.25, -0.2) is 9.98 Å². The number of fused-ring (bicyclic) bond motifs is 1. The second-order valence-electron chi connectivity index (χ2n) is 4.19. The van der Waals surface area contributed by atoms with Crippen LogP contribution in [0.5, 0.6) is 0 Å². The van der Waals surface area contributed by atoms with E-state index in [0.29, 0.717) is 5.69 Å². The largest absolute Gasteiger partial charge is 0.370 e. The molecule has 0 amide bonds. The van der Waals surface area contributed by atoms with Crippen LogP contribution >= 0.6 is 0 Å². The average molecular weight is 251 g/mol.